The van der Waals surface area contributed by atoms with Crippen LogP contribution < -0.4 is 5.73 Å². The molecule has 0 saturated heterocycles. The molecule has 1 aromatic rings. The van der Waals surface area contributed by atoms with Gasteiger partial charge in [-0.05, 0) is 24.2 Å². The van der Waals surface area contributed by atoms with Gasteiger partial charge in [-0.3, -0.25) is 4.90 Å². The number of rotatable bonds is 5. The maximum Gasteiger partial charge on any atom is 0.138 e. The van der Waals surface area contributed by atoms with Crippen LogP contribution >= 0.6 is 0 Å². The van der Waals surface area contributed by atoms with E-state index >= 15 is 0 Å². The fraction of sp³-hybridized carbons (Fsp3) is 0.455. The van der Waals surface area contributed by atoms with Crippen molar-refractivity contribution < 1.29 is 10.2 Å². The minimum atomic E-state index is 0.115. The maximum absolute atomic E-state index is 9.26. The van der Waals surface area contributed by atoms with Gasteiger partial charge in [0, 0.05) is 13.1 Å². The summed E-state index contributed by atoms with van der Waals surface area (Å²) in [7, 11) is 0. The summed E-state index contributed by atoms with van der Waals surface area (Å²) in [6, 6.07) is 5.19. The third-order valence-electron chi connectivity index (χ3n) is 2.36. The highest BCUT2D eigenvalue weighted by Crippen LogP contribution is 2.21. The molecule has 0 amide bonds. The molecule has 4 heteroatoms. The normalized spacial score (nSPS) is 10.9. The molecule has 0 saturated carbocycles. The van der Waals surface area contributed by atoms with Crippen molar-refractivity contribution in [1.82, 2.24) is 4.90 Å². The molecule has 0 aliphatic rings. The Labute approximate surface area is 89.9 Å². The lowest BCUT2D eigenvalue weighted by Gasteiger charge is -2.19. The number of nitrogen functional groups attached to an aromatic ring is 1. The lowest BCUT2D eigenvalue weighted by molar-refractivity contribution is 0.197. The molecule has 84 valence electrons. The number of aliphatic hydroxyl groups excluding tert-OH is 1. The number of nitrogens with zero attached hydrogens (tertiary/aromatic N) is 1. The highest BCUT2D eigenvalue weighted by molar-refractivity contribution is 5.53. The van der Waals surface area contributed by atoms with Gasteiger partial charge in [0.05, 0.1) is 12.3 Å². The van der Waals surface area contributed by atoms with Crippen LogP contribution in [0.4, 0.5) is 5.69 Å². The summed E-state index contributed by atoms with van der Waals surface area (Å²) in [5.74, 6) is 0.115. The van der Waals surface area contributed by atoms with Gasteiger partial charge in [0.25, 0.3) is 0 Å². The average Bonchev–Trinajstić information content (AvgIpc) is 2.23. The molecule has 0 spiro atoms. The molecule has 0 bridgehead atoms. The van der Waals surface area contributed by atoms with Crippen LogP contribution in [0.2, 0.25) is 0 Å². The van der Waals surface area contributed by atoms with Crippen molar-refractivity contribution in [3.05, 3.63) is 23.8 Å². The highest BCUT2D eigenvalue weighted by Gasteiger charge is 2.04. The Morgan fingerprint density at radius 1 is 1.40 bits per heavy atom. The lowest BCUT2D eigenvalue weighted by Crippen LogP contribution is -2.26. The van der Waals surface area contributed by atoms with Gasteiger partial charge in [0.15, 0.2) is 0 Å². The average molecular weight is 210 g/mol. The molecular weight excluding hydrogens is 192 g/mol. The van der Waals surface area contributed by atoms with Crippen molar-refractivity contribution in [2.24, 2.45) is 0 Å². The number of hydrogen-bond acceptors (Lipinski definition) is 4. The molecule has 0 heterocycles. The number of likely N-dealkylation sites (N-methyl/N-ethyl adjacent to an activating group) is 1. The van der Waals surface area contributed by atoms with E-state index in [1.165, 1.54) is 0 Å². The molecule has 0 unspecified atom stereocenters. The summed E-state index contributed by atoms with van der Waals surface area (Å²) < 4.78 is 0. The molecule has 1 aromatic carbocycles. The third-order valence-corrected chi connectivity index (χ3v) is 2.36. The zero-order valence-corrected chi connectivity index (χ0v) is 8.98. The number of phenolic OH excluding ortho intramolecular Hbond substituents is 1. The van der Waals surface area contributed by atoms with Gasteiger partial charge in [-0.25, -0.2) is 0 Å². The summed E-state index contributed by atoms with van der Waals surface area (Å²) in [5, 5.41) is 18.1. The van der Waals surface area contributed by atoms with Crippen LogP contribution in [-0.4, -0.2) is 34.8 Å². The fourth-order valence-electron chi connectivity index (χ4n) is 1.45. The molecule has 4 N–H and O–H groups in total. The van der Waals surface area contributed by atoms with E-state index in [0.29, 0.717) is 12.2 Å². The maximum atomic E-state index is 9.26. The van der Waals surface area contributed by atoms with Crippen LogP contribution in [0.1, 0.15) is 12.5 Å². The van der Waals surface area contributed by atoms with Gasteiger partial charge in [0.2, 0.25) is 0 Å². The van der Waals surface area contributed by atoms with Gasteiger partial charge in [-0.15, -0.1) is 0 Å². The van der Waals surface area contributed by atoms with Crippen LogP contribution in [-0.2, 0) is 6.54 Å². The zero-order chi connectivity index (χ0) is 11.3. The second-order valence-corrected chi connectivity index (χ2v) is 3.49. The first kappa shape index (κ1) is 11.8. The predicted molar refractivity (Wildman–Crippen MR) is 60.6 cm³/mol. The Balaban J connectivity index is 2.66. The SMILES string of the molecule is CCN(CCO)Cc1ccc(O)c(N)c1. The van der Waals surface area contributed by atoms with E-state index in [1.807, 2.05) is 13.0 Å². The van der Waals surface area contributed by atoms with E-state index in [0.717, 1.165) is 18.7 Å². The van der Waals surface area contributed by atoms with Crippen LogP contribution in [0.3, 0.4) is 0 Å². The van der Waals surface area contributed by atoms with Crippen LogP contribution in [0, 0.1) is 0 Å². The molecule has 0 aliphatic carbocycles. The summed E-state index contributed by atoms with van der Waals surface area (Å²) in [6.45, 7) is 4.46. The largest absolute Gasteiger partial charge is 0.506 e. The second kappa shape index (κ2) is 5.58. The van der Waals surface area contributed by atoms with E-state index in [4.69, 9.17) is 10.8 Å². The molecule has 0 fully saturated rings. The van der Waals surface area contributed by atoms with Crippen LogP contribution in [0.25, 0.3) is 0 Å². The fourth-order valence-corrected chi connectivity index (χ4v) is 1.45. The van der Waals surface area contributed by atoms with Crippen molar-refractivity contribution in [2.45, 2.75) is 13.5 Å². The topological polar surface area (TPSA) is 69.7 Å². The molecule has 0 atom stereocenters. The predicted octanol–water partition coefficient (Wildman–Crippen LogP) is 0.789. The molecule has 1 rings (SSSR count). The molecule has 4 nitrogen and oxygen atoms in total. The summed E-state index contributed by atoms with van der Waals surface area (Å²) in [5.41, 5.74) is 7.03. The minimum absolute atomic E-state index is 0.115. The minimum Gasteiger partial charge on any atom is -0.506 e. The summed E-state index contributed by atoms with van der Waals surface area (Å²) in [6.07, 6.45) is 0. The third kappa shape index (κ3) is 3.42. The smallest absolute Gasteiger partial charge is 0.138 e. The number of phenols is 1. The van der Waals surface area contributed by atoms with Gasteiger partial charge in [-0.1, -0.05) is 13.0 Å². The number of aliphatic hydroxyl groups is 1. The summed E-state index contributed by atoms with van der Waals surface area (Å²) >= 11 is 0. The summed E-state index contributed by atoms with van der Waals surface area (Å²) in [4.78, 5) is 2.10. The Bertz CT molecular complexity index is 315. The lowest BCUT2D eigenvalue weighted by atomic mass is 10.2. The van der Waals surface area contributed by atoms with Crippen molar-refractivity contribution in [2.75, 3.05) is 25.4 Å². The standard InChI is InChI=1S/C11H18N2O2/c1-2-13(5-6-14)8-9-3-4-11(15)10(12)7-9/h3-4,7,14-15H,2,5-6,8,12H2,1H3. The monoisotopic (exact) mass is 210 g/mol. The Morgan fingerprint density at radius 2 is 2.13 bits per heavy atom. The second-order valence-electron chi connectivity index (χ2n) is 3.49. The van der Waals surface area contributed by atoms with Crippen molar-refractivity contribution in [1.29, 1.82) is 0 Å². The molecule has 15 heavy (non-hydrogen) atoms. The Kier molecular flexibility index (Phi) is 4.39. The first-order valence-corrected chi connectivity index (χ1v) is 5.08. The van der Waals surface area contributed by atoms with E-state index in [2.05, 4.69) is 4.90 Å². The van der Waals surface area contributed by atoms with Gasteiger partial charge in [-0.2, -0.15) is 0 Å². The van der Waals surface area contributed by atoms with Gasteiger partial charge < -0.3 is 15.9 Å². The van der Waals surface area contributed by atoms with E-state index in [9.17, 15) is 5.11 Å². The first-order valence-electron chi connectivity index (χ1n) is 5.08. The number of anilines is 1. The number of aromatic hydroxyl groups is 1. The Hall–Kier alpha value is -1.26. The number of hydrogen-bond donors (Lipinski definition) is 3. The van der Waals surface area contributed by atoms with E-state index < -0.39 is 0 Å². The molecule has 0 radical (unpaired) electrons. The van der Waals surface area contributed by atoms with E-state index in [1.54, 1.807) is 12.1 Å². The number of benzene rings is 1. The van der Waals surface area contributed by atoms with E-state index in [-0.39, 0.29) is 12.4 Å². The van der Waals surface area contributed by atoms with Crippen molar-refractivity contribution in [3.63, 3.8) is 0 Å². The molecular formula is C11H18N2O2. The highest BCUT2D eigenvalue weighted by atomic mass is 16.3. The van der Waals surface area contributed by atoms with Crippen LogP contribution in [0.5, 0.6) is 5.75 Å². The molecule has 0 aliphatic heterocycles. The Morgan fingerprint density at radius 3 is 2.67 bits per heavy atom. The zero-order valence-electron chi connectivity index (χ0n) is 8.98. The number of nitrogens with two attached hydrogens (primary N) is 1. The quantitative estimate of drug-likeness (QED) is 0.496. The first-order chi connectivity index (χ1) is 7.17. The van der Waals surface area contributed by atoms with Gasteiger partial charge >= 0.3 is 0 Å². The van der Waals surface area contributed by atoms with Crippen molar-refractivity contribution >= 4 is 5.69 Å². The van der Waals surface area contributed by atoms with Gasteiger partial charge in [0.1, 0.15) is 5.75 Å². The van der Waals surface area contributed by atoms with Crippen LogP contribution in [0.15, 0.2) is 18.2 Å². The van der Waals surface area contributed by atoms with Crippen molar-refractivity contribution in [3.8, 4) is 5.75 Å². The molecule has 0 aromatic heterocycles.